The minimum Gasteiger partial charge on any atom is -0.481 e. The van der Waals surface area contributed by atoms with Crippen LogP contribution in [0, 0.1) is 10.1 Å². The molecule has 0 radical (unpaired) electrons. The Labute approximate surface area is 113 Å². The van der Waals surface area contributed by atoms with Crippen LogP contribution in [0.25, 0.3) is 11.4 Å². The van der Waals surface area contributed by atoms with Crippen molar-refractivity contribution in [1.29, 1.82) is 0 Å². The van der Waals surface area contributed by atoms with E-state index in [9.17, 15) is 14.9 Å². The van der Waals surface area contributed by atoms with Crippen LogP contribution in [-0.4, -0.2) is 26.1 Å². The van der Waals surface area contributed by atoms with Gasteiger partial charge in [-0.05, 0) is 6.42 Å². The highest BCUT2D eigenvalue weighted by Gasteiger charge is 2.12. The van der Waals surface area contributed by atoms with Gasteiger partial charge in [0.05, 0.1) is 4.92 Å². The molecule has 2 rings (SSSR count). The van der Waals surface area contributed by atoms with E-state index in [2.05, 4.69) is 10.1 Å². The standard InChI is InChI=1S/C12H11N3O5/c16-11(17)6-2-5-10-13-12(14-20-10)8-3-1-4-9(7-8)15(18)19/h1,3-4,7H,2,5-6H2,(H,16,17). The van der Waals surface area contributed by atoms with Crippen molar-refractivity contribution in [2.45, 2.75) is 19.3 Å². The average molecular weight is 277 g/mol. The predicted molar refractivity (Wildman–Crippen MR) is 67.0 cm³/mol. The molecule has 20 heavy (non-hydrogen) atoms. The van der Waals surface area contributed by atoms with Gasteiger partial charge in [-0.15, -0.1) is 0 Å². The fourth-order valence-corrected chi connectivity index (χ4v) is 1.62. The first kappa shape index (κ1) is 13.7. The molecule has 0 saturated carbocycles. The predicted octanol–water partition coefficient (Wildman–Crippen LogP) is 2.05. The Morgan fingerprint density at radius 3 is 2.95 bits per heavy atom. The van der Waals surface area contributed by atoms with E-state index in [0.717, 1.165) is 0 Å². The summed E-state index contributed by atoms with van der Waals surface area (Å²) in [5.41, 5.74) is 0.423. The molecular formula is C12H11N3O5. The van der Waals surface area contributed by atoms with Gasteiger partial charge in [0.25, 0.3) is 5.69 Å². The lowest BCUT2D eigenvalue weighted by molar-refractivity contribution is -0.384. The topological polar surface area (TPSA) is 119 Å². The summed E-state index contributed by atoms with van der Waals surface area (Å²) in [6.45, 7) is 0. The minimum absolute atomic E-state index is 0.0223. The normalized spacial score (nSPS) is 10.4. The maximum Gasteiger partial charge on any atom is 0.303 e. The van der Waals surface area contributed by atoms with Crippen LogP contribution in [0.2, 0.25) is 0 Å². The van der Waals surface area contributed by atoms with Crippen molar-refractivity contribution in [1.82, 2.24) is 10.1 Å². The largest absolute Gasteiger partial charge is 0.481 e. The van der Waals surface area contributed by atoms with Crippen LogP contribution in [0.5, 0.6) is 0 Å². The van der Waals surface area contributed by atoms with Crippen molar-refractivity contribution in [3.8, 4) is 11.4 Å². The second kappa shape index (κ2) is 5.91. The number of nitrogens with zero attached hydrogens (tertiary/aromatic N) is 3. The average Bonchev–Trinajstić information content (AvgIpc) is 2.87. The number of aliphatic carboxylic acids is 1. The number of nitro groups is 1. The summed E-state index contributed by atoms with van der Waals surface area (Å²) in [5, 5.41) is 22.9. The lowest BCUT2D eigenvalue weighted by Gasteiger charge is -1.94. The van der Waals surface area contributed by atoms with Crippen molar-refractivity contribution >= 4 is 11.7 Å². The van der Waals surface area contributed by atoms with Crippen molar-refractivity contribution in [2.75, 3.05) is 0 Å². The Bertz CT molecular complexity index is 638. The Morgan fingerprint density at radius 1 is 1.45 bits per heavy atom. The Morgan fingerprint density at radius 2 is 2.25 bits per heavy atom. The van der Waals surface area contributed by atoms with E-state index in [1.54, 1.807) is 6.07 Å². The van der Waals surface area contributed by atoms with Crippen LogP contribution in [0.4, 0.5) is 5.69 Å². The molecule has 8 heteroatoms. The maximum atomic E-state index is 10.7. The summed E-state index contributed by atoms with van der Waals surface area (Å²) in [6, 6.07) is 5.90. The number of non-ortho nitro benzene ring substituents is 1. The number of hydrogen-bond acceptors (Lipinski definition) is 6. The van der Waals surface area contributed by atoms with Gasteiger partial charge in [0.2, 0.25) is 11.7 Å². The summed E-state index contributed by atoms with van der Waals surface area (Å²) < 4.78 is 4.98. The molecule has 0 bridgehead atoms. The zero-order valence-corrected chi connectivity index (χ0v) is 10.4. The molecule has 0 atom stereocenters. The molecule has 1 aromatic heterocycles. The van der Waals surface area contributed by atoms with E-state index in [4.69, 9.17) is 9.63 Å². The van der Waals surface area contributed by atoms with Gasteiger partial charge in [0.15, 0.2) is 0 Å². The van der Waals surface area contributed by atoms with E-state index in [1.165, 1.54) is 18.2 Å². The van der Waals surface area contributed by atoms with E-state index in [0.29, 0.717) is 24.3 Å². The van der Waals surface area contributed by atoms with Gasteiger partial charge in [-0.25, -0.2) is 0 Å². The maximum absolute atomic E-state index is 10.7. The first-order valence-corrected chi connectivity index (χ1v) is 5.85. The fourth-order valence-electron chi connectivity index (χ4n) is 1.62. The molecule has 104 valence electrons. The summed E-state index contributed by atoms with van der Waals surface area (Å²) >= 11 is 0. The number of carbonyl (C=O) groups is 1. The second-order valence-electron chi connectivity index (χ2n) is 4.07. The Balaban J connectivity index is 2.10. The van der Waals surface area contributed by atoms with E-state index in [-0.39, 0.29) is 17.9 Å². The van der Waals surface area contributed by atoms with Gasteiger partial charge in [-0.2, -0.15) is 4.98 Å². The molecule has 1 N–H and O–H groups in total. The van der Waals surface area contributed by atoms with Crippen molar-refractivity contribution < 1.29 is 19.3 Å². The van der Waals surface area contributed by atoms with Crippen molar-refractivity contribution in [3.05, 3.63) is 40.3 Å². The van der Waals surface area contributed by atoms with Gasteiger partial charge in [-0.1, -0.05) is 17.3 Å². The fraction of sp³-hybridized carbons (Fsp3) is 0.250. The van der Waals surface area contributed by atoms with Gasteiger partial charge in [0.1, 0.15) is 0 Å². The number of aryl methyl sites for hydroxylation is 1. The van der Waals surface area contributed by atoms with E-state index < -0.39 is 10.9 Å². The van der Waals surface area contributed by atoms with E-state index in [1.807, 2.05) is 0 Å². The van der Waals surface area contributed by atoms with Crippen LogP contribution >= 0.6 is 0 Å². The van der Waals surface area contributed by atoms with Crippen molar-refractivity contribution in [2.24, 2.45) is 0 Å². The second-order valence-corrected chi connectivity index (χ2v) is 4.07. The number of benzene rings is 1. The third-order valence-corrected chi connectivity index (χ3v) is 2.56. The molecule has 0 unspecified atom stereocenters. The molecule has 2 aromatic rings. The lowest BCUT2D eigenvalue weighted by Crippen LogP contribution is -1.96. The monoisotopic (exact) mass is 277 g/mol. The molecular weight excluding hydrogens is 266 g/mol. The number of carboxylic acid groups (broad SMARTS) is 1. The van der Waals surface area contributed by atoms with Crippen LogP contribution in [0.1, 0.15) is 18.7 Å². The molecule has 0 spiro atoms. The third-order valence-electron chi connectivity index (χ3n) is 2.56. The number of carboxylic acids is 1. The highest BCUT2D eigenvalue weighted by molar-refractivity contribution is 5.66. The Hall–Kier alpha value is -2.77. The first-order valence-electron chi connectivity index (χ1n) is 5.85. The van der Waals surface area contributed by atoms with Crippen molar-refractivity contribution in [3.63, 3.8) is 0 Å². The lowest BCUT2D eigenvalue weighted by atomic mass is 10.2. The van der Waals surface area contributed by atoms with Gasteiger partial charge < -0.3 is 9.63 Å². The number of hydrogen-bond donors (Lipinski definition) is 1. The summed E-state index contributed by atoms with van der Waals surface area (Å²) in [5.74, 6) is -0.324. The molecule has 8 nitrogen and oxygen atoms in total. The highest BCUT2D eigenvalue weighted by atomic mass is 16.6. The van der Waals surface area contributed by atoms with Gasteiger partial charge in [-0.3, -0.25) is 14.9 Å². The molecule has 0 aliphatic carbocycles. The molecule has 0 amide bonds. The number of rotatable bonds is 6. The SMILES string of the molecule is O=C(O)CCCc1nc(-c2cccc([N+](=O)[O-])c2)no1. The highest BCUT2D eigenvalue weighted by Crippen LogP contribution is 2.21. The van der Waals surface area contributed by atoms with Crippen LogP contribution in [-0.2, 0) is 11.2 Å². The van der Waals surface area contributed by atoms with Crippen LogP contribution in [0.15, 0.2) is 28.8 Å². The minimum atomic E-state index is -0.886. The quantitative estimate of drug-likeness (QED) is 0.633. The Kier molecular flexibility index (Phi) is 4.04. The first-order chi connectivity index (χ1) is 9.56. The third kappa shape index (κ3) is 3.37. The molecule has 0 saturated heterocycles. The summed E-state index contributed by atoms with van der Waals surface area (Å²) in [6.07, 6.45) is 0.772. The van der Waals surface area contributed by atoms with Gasteiger partial charge >= 0.3 is 5.97 Å². The smallest absolute Gasteiger partial charge is 0.303 e. The zero-order valence-electron chi connectivity index (χ0n) is 10.4. The summed E-state index contributed by atoms with van der Waals surface area (Å²) in [7, 11) is 0. The van der Waals surface area contributed by atoms with Crippen LogP contribution < -0.4 is 0 Å². The summed E-state index contributed by atoms with van der Waals surface area (Å²) in [4.78, 5) is 24.6. The molecule has 0 fully saturated rings. The molecule has 0 aliphatic heterocycles. The molecule has 1 aromatic carbocycles. The zero-order chi connectivity index (χ0) is 14.5. The molecule has 1 heterocycles. The van der Waals surface area contributed by atoms with Gasteiger partial charge in [0, 0.05) is 30.5 Å². The number of aromatic nitrogens is 2. The van der Waals surface area contributed by atoms with Crippen LogP contribution in [0.3, 0.4) is 0 Å². The number of nitro benzene ring substituents is 1. The van der Waals surface area contributed by atoms with E-state index >= 15 is 0 Å². The molecule has 0 aliphatic rings.